The van der Waals surface area contributed by atoms with Crippen molar-refractivity contribution in [3.8, 4) is 6.07 Å². The smallest absolute Gasteiger partial charge is 0.298 e. The number of hydrogen-bond acceptors (Lipinski definition) is 6. The highest BCUT2D eigenvalue weighted by Gasteiger charge is 2.22. The number of hydrogen-bond donors (Lipinski definition) is 0. The third-order valence-corrected chi connectivity index (χ3v) is 4.65. The summed E-state index contributed by atoms with van der Waals surface area (Å²) in [4.78, 5) is 13.6. The molecule has 0 unspecified atom stereocenters. The Labute approximate surface area is 146 Å². The van der Waals surface area contributed by atoms with E-state index < -0.39 is 0 Å². The van der Waals surface area contributed by atoms with Gasteiger partial charge in [0.15, 0.2) is 5.58 Å². The van der Waals surface area contributed by atoms with Gasteiger partial charge in [-0.25, -0.2) is 4.98 Å². The third kappa shape index (κ3) is 2.78. The molecule has 1 aliphatic heterocycles. The SMILES string of the molecule is Cc1cc(N2CCN(c3nc4ccccc4o3)CC2)nc(C)c1C#N. The molecule has 6 nitrogen and oxygen atoms in total. The Balaban J connectivity index is 1.51. The van der Waals surface area contributed by atoms with Crippen molar-refractivity contribution >= 4 is 22.9 Å². The fourth-order valence-electron chi connectivity index (χ4n) is 3.26. The lowest BCUT2D eigenvalue weighted by atomic mass is 10.1. The van der Waals surface area contributed by atoms with Gasteiger partial charge in [-0.2, -0.15) is 10.2 Å². The van der Waals surface area contributed by atoms with Gasteiger partial charge in [0, 0.05) is 26.2 Å². The number of nitriles is 1. The molecule has 0 saturated carbocycles. The Kier molecular flexibility index (Phi) is 3.77. The summed E-state index contributed by atoms with van der Waals surface area (Å²) in [7, 11) is 0. The van der Waals surface area contributed by atoms with Crippen molar-refractivity contribution in [1.82, 2.24) is 9.97 Å². The monoisotopic (exact) mass is 333 g/mol. The summed E-state index contributed by atoms with van der Waals surface area (Å²) in [5.74, 6) is 0.936. The number of aromatic nitrogens is 2. The van der Waals surface area contributed by atoms with Crippen LogP contribution in [0.4, 0.5) is 11.8 Å². The lowest BCUT2D eigenvalue weighted by molar-refractivity contribution is 0.540. The molecule has 126 valence electrons. The van der Waals surface area contributed by atoms with E-state index in [1.807, 2.05) is 44.2 Å². The van der Waals surface area contributed by atoms with Crippen LogP contribution in [-0.4, -0.2) is 36.1 Å². The van der Waals surface area contributed by atoms with E-state index in [0.717, 1.165) is 54.4 Å². The summed E-state index contributed by atoms with van der Waals surface area (Å²) in [6.07, 6.45) is 0. The van der Waals surface area contributed by atoms with Crippen molar-refractivity contribution in [2.45, 2.75) is 13.8 Å². The molecule has 0 bridgehead atoms. The highest BCUT2D eigenvalue weighted by Crippen LogP contribution is 2.24. The average molecular weight is 333 g/mol. The summed E-state index contributed by atoms with van der Waals surface area (Å²) >= 11 is 0. The second kappa shape index (κ2) is 6.10. The number of benzene rings is 1. The summed E-state index contributed by atoms with van der Waals surface area (Å²) in [5, 5.41) is 9.19. The molecule has 0 radical (unpaired) electrons. The summed E-state index contributed by atoms with van der Waals surface area (Å²) in [6, 6.07) is 12.7. The predicted octanol–water partition coefficient (Wildman–Crippen LogP) is 3.04. The molecule has 3 aromatic rings. The van der Waals surface area contributed by atoms with Gasteiger partial charge in [-0.15, -0.1) is 0 Å². The van der Waals surface area contributed by atoms with E-state index in [9.17, 15) is 5.26 Å². The first kappa shape index (κ1) is 15.5. The number of nitrogens with zero attached hydrogens (tertiary/aromatic N) is 5. The minimum absolute atomic E-state index is 0.675. The quantitative estimate of drug-likeness (QED) is 0.718. The molecule has 25 heavy (non-hydrogen) atoms. The van der Waals surface area contributed by atoms with Crippen LogP contribution in [0.5, 0.6) is 0 Å². The first-order chi connectivity index (χ1) is 12.2. The molecular weight excluding hydrogens is 314 g/mol. The van der Waals surface area contributed by atoms with Gasteiger partial charge in [0.25, 0.3) is 6.01 Å². The minimum Gasteiger partial charge on any atom is -0.423 e. The largest absolute Gasteiger partial charge is 0.423 e. The van der Waals surface area contributed by atoms with Crippen molar-refractivity contribution in [3.63, 3.8) is 0 Å². The van der Waals surface area contributed by atoms with E-state index in [2.05, 4.69) is 25.8 Å². The van der Waals surface area contributed by atoms with Crippen LogP contribution in [0.15, 0.2) is 34.7 Å². The van der Waals surface area contributed by atoms with E-state index in [4.69, 9.17) is 4.42 Å². The number of oxazole rings is 1. The van der Waals surface area contributed by atoms with Crippen LogP contribution in [-0.2, 0) is 0 Å². The van der Waals surface area contributed by atoms with Crippen LogP contribution in [0.3, 0.4) is 0 Å². The molecule has 0 aliphatic carbocycles. The maximum atomic E-state index is 9.19. The Morgan fingerprint density at radius 2 is 1.76 bits per heavy atom. The topological polar surface area (TPSA) is 69.2 Å². The van der Waals surface area contributed by atoms with Crippen LogP contribution in [0, 0.1) is 25.2 Å². The predicted molar refractivity (Wildman–Crippen MR) is 96.9 cm³/mol. The molecule has 1 aromatic carbocycles. The van der Waals surface area contributed by atoms with E-state index >= 15 is 0 Å². The third-order valence-electron chi connectivity index (χ3n) is 4.65. The van der Waals surface area contributed by atoms with E-state index in [1.165, 1.54) is 0 Å². The average Bonchev–Trinajstić information content (AvgIpc) is 3.06. The second-order valence-electron chi connectivity index (χ2n) is 6.31. The standard InChI is InChI=1S/C19H19N5O/c1-13-11-18(21-14(2)15(13)12-20)23-7-9-24(10-8-23)19-22-16-5-3-4-6-17(16)25-19/h3-6,11H,7-10H2,1-2H3. The van der Waals surface area contributed by atoms with E-state index in [1.54, 1.807) is 0 Å². The Morgan fingerprint density at radius 1 is 1.04 bits per heavy atom. The van der Waals surface area contributed by atoms with Gasteiger partial charge in [0.05, 0.1) is 11.3 Å². The second-order valence-corrected chi connectivity index (χ2v) is 6.31. The van der Waals surface area contributed by atoms with Gasteiger partial charge in [-0.1, -0.05) is 12.1 Å². The van der Waals surface area contributed by atoms with Crippen LogP contribution in [0.2, 0.25) is 0 Å². The molecular formula is C19H19N5O. The van der Waals surface area contributed by atoms with Gasteiger partial charge in [0.2, 0.25) is 0 Å². The first-order valence-electron chi connectivity index (χ1n) is 8.39. The summed E-state index contributed by atoms with van der Waals surface area (Å²) in [5.41, 5.74) is 4.15. The Bertz CT molecular complexity index is 907. The van der Waals surface area contributed by atoms with Crippen molar-refractivity contribution < 1.29 is 4.42 Å². The molecule has 0 spiro atoms. The van der Waals surface area contributed by atoms with Gasteiger partial charge < -0.3 is 14.2 Å². The molecule has 0 amide bonds. The lowest BCUT2D eigenvalue weighted by Crippen LogP contribution is -2.47. The summed E-state index contributed by atoms with van der Waals surface area (Å²) in [6.45, 7) is 7.20. The fraction of sp³-hybridized carbons (Fsp3) is 0.316. The van der Waals surface area contributed by atoms with Crippen molar-refractivity contribution in [3.05, 3.63) is 47.2 Å². The number of piperazine rings is 1. The van der Waals surface area contributed by atoms with Crippen LogP contribution in [0.25, 0.3) is 11.1 Å². The number of para-hydroxylation sites is 2. The first-order valence-corrected chi connectivity index (χ1v) is 8.39. The van der Waals surface area contributed by atoms with Gasteiger partial charge >= 0.3 is 0 Å². The molecule has 4 rings (SSSR count). The highest BCUT2D eigenvalue weighted by molar-refractivity contribution is 5.74. The Hall–Kier alpha value is -3.07. The molecule has 3 heterocycles. The maximum Gasteiger partial charge on any atom is 0.298 e. The highest BCUT2D eigenvalue weighted by atomic mass is 16.4. The van der Waals surface area contributed by atoms with Crippen molar-refractivity contribution in [2.75, 3.05) is 36.0 Å². The lowest BCUT2D eigenvalue weighted by Gasteiger charge is -2.34. The Morgan fingerprint density at radius 3 is 2.44 bits per heavy atom. The number of rotatable bonds is 2. The zero-order valence-electron chi connectivity index (χ0n) is 14.4. The van der Waals surface area contributed by atoms with Crippen LogP contribution >= 0.6 is 0 Å². The summed E-state index contributed by atoms with van der Waals surface area (Å²) < 4.78 is 5.86. The molecule has 1 saturated heterocycles. The molecule has 0 atom stereocenters. The van der Waals surface area contributed by atoms with Crippen molar-refractivity contribution in [1.29, 1.82) is 5.26 Å². The molecule has 1 aliphatic rings. The normalized spacial score (nSPS) is 14.8. The maximum absolute atomic E-state index is 9.19. The molecule has 0 N–H and O–H groups in total. The number of anilines is 2. The fourth-order valence-corrected chi connectivity index (χ4v) is 3.26. The van der Waals surface area contributed by atoms with Gasteiger partial charge in [-0.05, 0) is 37.6 Å². The number of fused-ring (bicyclic) bond motifs is 1. The molecule has 2 aromatic heterocycles. The van der Waals surface area contributed by atoms with Gasteiger partial charge in [0.1, 0.15) is 17.4 Å². The van der Waals surface area contributed by atoms with Crippen LogP contribution < -0.4 is 9.80 Å². The number of pyridine rings is 1. The zero-order valence-corrected chi connectivity index (χ0v) is 14.4. The van der Waals surface area contributed by atoms with Crippen LogP contribution in [0.1, 0.15) is 16.8 Å². The van der Waals surface area contributed by atoms with E-state index in [0.29, 0.717) is 11.6 Å². The van der Waals surface area contributed by atoms with E-state index in [-0.39, 0.29) is 0 Å². The molecule has 1 fully saturated rings. The number of aryl methyl sites for hydroxylation is 2. The minimum atomic E-state index is 0.675. The zero-order chi connectivity index (χ0) is 17.4. The van der Waals surface area contributed by atoms with Crippen molar-refractivity contribution in [2.24, 2.45) is 0 Å². The van der Waals surface area contributed by atoms with Gasteiger partial charge in [-0.3, -0.25) is 0 Å². The molecule has 6 heteroatoms.